The second kappa shape index (κ2) is 6.65. The highest BCUT2D eigenvalue weighted by Crippen LogP contribution is 2.32. The quantitative estimate of drug-likeness (QED) is 0.528. The van der Waals surface area contributed by atoms with Gasteiger partial charge in [0.2, 0.25) is 0 Å². The summed E-state index contributed by atoms with van der Waals surface area (Å²) in [5.41, 5.74) is 1.69. The van der Waals surface area contributed by atoms with Crippen molar-refractivity contribution >= 4 is 34.0 Å². The Labute approximate surface area is 152 Å². The standard InChI is InChI=1S/C19H11ClF2N4/c20-13-4-1-5-16-17(13)19(24-12-6-7-14(21)15(22)9-12)26-18(25-16)11-3-2-8-23-10-11/h1-10H,(H,24,25,26). The van der Waals surface area contributed by atoms with Crippen molar-refractivity contribution in [3.8, 4) is 11.4 Å². The van der Waals surface area contributed by atoms with Crippen LogP contribution in [0.1, 0.15) is 0 Å². The molecule has 1 N–H and O–H groups in total. The molecule has 0 spiro atoms. The summed E-state index contributed by atoms with van der Waals surface area (Å²) in [5, 5.41) is 4.04. The highest BCUT2D eigenvalue weighted by molar-refractivity contribution is 6.36. The molecule has 2 aromatic carbocycles. The van der Waals surface area contributed by atoms with Crippen LogP contribution in [0.5, 0.6) is 0 Å². The van der Waals surface area contributed by atoms with Crippen molar-refractivity contribution in [1.82, 2.24) is 15.0 Å². The average molecular weight is 369 g/mol. The normalized spacial score (nSPS) is 10.9. The maximum atomic E-state index is 13.5. The molecule has 0 atom stereocenters. The van der Waals surface area contributed by atoms with Gasteiger partial charge in [0.15, 0.2) is 17.5 Å². The Balaban J connectivity index is 1.89. The lowest BCUT2D eigenvalue weighted by atomic mass is 10.2. The number of nitrogens with one attached hydrogen (secondary N) is 1. The van der Waals surface area contributed by atoms with E-state index in [1.54, 1.807) is 36.7 Å². The average Bonchev–Trinajstić information content (AvgIpc) is 2.65. The molecule has 7 heteroatoms. The minimum atomic E-state index is -0.952. The molecule has 0 bridgehead atoms. The molecule has 0 radical (unpaired) electrons. The van der Waals surface area contributed by atoms with Crippen LogP contribution in [0, 0.1) is 11.6 Å². The summed E-state index contributed by atoms with van der Waals surface area (Å²) in [6, 6.07) is 12.4. The minimum Gasteiger partial charge on any atom is -0.339 e. The molecule has 0 unspecified atom stereocenters. The van der Waals surface area contributed by atoms with Crippen molar-refractivity contribution in [2.45, 2.75) is 0 Å². The van der Waals surface area contributed by atoms with Crippen LogP contribution >= 0.6 is 11.6 Å². The van der Waals surface area contributed by atoms with E-state index in [0.717, 1.165) is 17.7 Å². The molecular formula is C19H11ClF2N4. The van der Waals surface area contributed by atoms with Crippen LogP contribution in [0.2, 0.25) is 5.02 Å². The monoisotopic (exact) mass is 368 g/mol. The number of fused-ring (bicyclic) bond motifs is 1. The van der Waals surface area contributed by atoms with E-state index < -0.39 is 11.6 Å². The number of aromatic nitrogens is 3. The lowest BCUT2D eigenvalue weighted by Crippen LogP contribution is -2.00. The summed E-state index contributed by atoms with van der Waals surface area (Å²) in [5.74, 6) is -1.03. The Morgan fingerprint density at radius 1 is 0.923 bits per heavy atom. The maximum Gasteiger partial charge on any atom is 0.163 e. The van der Waals surface area contributed by atoms with Gasteiger partial charge >= 0.3 is 0 Å². The van der Waals surface area contributed by atoms with Gasteiger partial charge in [-0.05, 0) is 36.4 Å². The Bertz CT molecular complexity index is 1100. The van der Waals surface area contributed by atoms with Gasteiger partial charge in [-0.3, -0.25) is 4.98 Å². The first-order valence-electron chi connectivity index (χ1n) is 7.70. The van der Waals surface area contributed by atoms with Crippen LogP contribution in [0.15, 0.2) is 60.9 Å². The lowest BCUT2D eigenvalue weighted by Gasteiger charge is -2.12. The Morgan fingerprint density at radius 2 is 1.81 bits per heavy atom. The van der Waals surface area contributed by atoms with E-state index in [4.69, 9.17) is 11.6 Å². The zero-order valence-electron chi connectivity index (χ0n) is 13.2. The van der Waals surface area contributed by atoms with Crippen LogP contribution in [-0.2, 0) is 0 Å². The molecule has 128 valence electrons. The zero-order chi connectivity index (χ0) is 18.1. The van der Waals surface area contributed by atoms with E-state index in [-0.39, 0.29) is 0 Å². The van der Waals surface area contributed by atoms with Gasteiger partial charge in [-0.2, -0.15) is 0 Å². The fourth-order valence-electron chi connectivity index (χ4n) is 2.57. The summed E-state index contributed by atoms with van der Waals surface area (Å²) in [4.78, 5) is 13.1. The number of nitrogens with zero attached hydrogens (tertiary/aromatic N) is 3. The molecule has 4 rings (SSSR count). The summed E-state index contributed by atoms with van der Waals surface area (Å²) in [7, 11) is 0. The molecule has 2 heterocycles. The van der Waals surface area contributed by atoms with Crippen molar-refractivity contribution in [1.29, 1.82) is 0 Å². The van der Waals surface area contributed by atoms with Gasteiger partial charge in [0.05, 0.1) is 15.9 Å². The number of hydrogen-bond acceptors (Lipinski definition) is 4. The van der Waals surface area contributed by atoms with Crippen LogP contribution in [0.3, 0.4) is 0 Å². The first kappa shape index (κ1) is 16.4. The van der Waals surface area contributed by atoms with Gasteiger partial charge in [0, 0.05) is 29.7 Å². The smallest absolute Gasteiger partial charge is 0.163 e. The van der Waals surface area contributed by atoms with Gasteiger partial charge in [-0.1, -0.05) is 17.7 Å². The lowest BCUT2D eigenvalue weighted by molar-refractivity contribution is 0.509. The molecule has 0 aliphatic carbocycles. The van der Waals surface area contributed by atoms with Gasteiger partial charge in [-0.15, -0.1) is 0 Å². The third-order valence-corrected chi connectivity index (χ3v) is 4.09. The first-order valence-corrected chi connectivity index (χ1v) is 8.08. The van der Waals surface area contributed by atoms with E-state index >= 15 is 0 Å². The number of hydrogen-bond donors (Lipinski definition) is 1. The van der Waals surface area contributed by atoms with Crippen molar-refractivity contribution in [3.63, 3.8) is 0 Å². The Kier molecular flexibility index (Phi) is 4.18. The van der Waals surface area contributed by atoms with Crippen molar-refractivity contribution < 1.29 is 8.78 Å². The van der Waals surface area contributed by atoms with Gasteiger partial charge in [0.25, 0.3) is 0 Å². The first-order chi connectivity index (χ1) is 12.6. The predicted molar refractivity (Wildman–Crippen MR) is 97.4 cm³/mol. The summed E-state index contributed by atoms with van der Waals surface area (Å²) in [6.45, 7) is 0. The van der Waals surface area contributed by atoms with E-state index in [1.165, 1.54) is 6.07 Å². The van der Waals surface area contributed by atoms with E-state index in [9.17, 15) is 8.78 Å². The maximum absolute atomic E-state index is 13.5. The predicted octanol–water partition coefficient (Wildman–Crippen LogP) is 5.37. The van der Waals surface area contributed by atoms with Crippen molar-refractivity contribution in [3.05, 3.63) is 77.6 Å². The van der Waals surface area contributed by atoms with Crippen molar-refractivity contribution in [2.24, 2.45) is 0 Å². The number of rotatable bonds is 3. The number of pyridine rings is 1. The fraction of sp³-hybridized carbons (Fsp3) is 0. The highest BCUT2D eigenvalue weighted by atomic mass is 35.5. The van der Waals surface area contributed by atoms with E-state index in [1.807, 2.05) is 6.07 Å². The van der Waals surface area contributed by atoms with E-state index in [0.29, 0.717) is 33.3 Å². The van der Waals surface area contributed by atoms with Gasteiger partial charge in [0.1, 0.15) is 5.82 Å². The van der Waals surface area contributed by atoms with E-state index in [2.05, 4.69) is 20.3 Å². The topological polar surface area (TPSA) is 50.7 Å². The van der Waals surface area contributed by atoms with Crippen LogP contribution in [0.25, 0.3) is 22.3 Å². The van der Waals surface area contributed by atoms with Gasteiger partial charge in [-0.25, -0.2) is 18.7 Å². The molecule has 26 heavy (non-hydrogen) atoms. The largest absolute Gasteiger partial charge is 0.339 e. The molecular weight excluding hydrogens is 358 g/mol. The van der Waals surface area contributed by atoms with Crippen LogP contribution in [-0.4, -0.2) is 15.0 Å². The summed E-state index contributed by atoms with van der Waals surface area (Å²) >= 11 is 6.32. The SMILES string of the molecule is Fc1ccc(Nc2nc(-c3cccnc3)nc3cccc(Cl)c23)cc1F. The molecule has 0 aliphatic rings. The second-order valence-electron chi connectivity index (χ2n) is 5.53. The molecule has 0 fully saturated rings. The van der Waals surface area contributed by atoms with Gasteiger partial charge < -0.3 is 5.32 Å². The Morgan fingerprint density at radius 3 is 2.58 bits per heavy atom. The minimum absolute atomic E-state index is 0.348. The number of anilines is 2. The third-order valence-electron chi connectivity index (χ3n) is 3.77. The summed E-state index contributed by atoms with van der Waals surface area (Å²) in [6.07, 6.45) is 3.30. The van der Waals surface area contributed by atoms with Crippen molar-refractivity contribution in [2.75, 3.05) is 5.32 Å². The molecule has 0 saturated heterocycles. The highest BCUT2D eigenvalue weighted by Gasteiger charge is 2.13. The molecule has 4 nitrogen and oxygen atoms in total. The molecule has 4 aromatic rings. The molecule has 0 aliphatic heterocycles. The van der Waals surface area contributed by atoms with Crippen LogP contribution < -0.4 is 5.32 Å². The molecule has 2 aromatic heterocycles. The molecule has 0 saturated carbocycles. The zero-order valence-corrected chi connectivity index (χ0v) is 14.0. The van der Waals surface area contributed by atoms with Crippen LogP contribution in [0.4, 0.5) is 20.3 Å². The second-order valence-corrected chi connectivity index (χ2v) is 5.93. The summed E-state index contributed by atoms with van der Waals surface area (Å²) < 4.78 is 26.7. The fourth-order valence-corrected chi connectivity index (χ4v) is 2.83. The number of benzene rings is 2. The number of halogens is 3. The third kappa shape index (κ3) is 3.07. The molecule has 0 amide bonds. The Hall–Kier alpha value is -3.12.